The van der Waals surface area contributed by atoms with E-state index in [0.717, 1.165) is 6.07 Å². The number of hydrogen-bond acceptors (Lipinski definition) is 9. The summed E-state index contributed by atoms with van der Waals surface area (Å²) in [6.45, 7) is 2.24. The van der Waals surface area contributed by atoms with E-state index in [4.69, 9.17) is 14.2 Å². The Kier molecular flexibility index (Phi) is 9.20. The molecule has 1 unspecified atom stereocenters. The second-order valence-corrected chi connectivity index (χ2v) is 9.62. The smallest absolute Gasteiger partial charge is 0.417 e. The summed E-state index contributed by atoms with van der Waals surface area (Å²) in [5.74, 6) is -0.951. The zero-order valence-electron chi connectivity index (χ0n) is 23.6. The fourth-order valence-corrected chi connectivity index (χ4v) is 4.40. The molecular formula is C30H26F4N6O4. The summed E-state index contributed by atoms with van der Waals surface area (Å²) in [5, 5.41) is 8.14. The lowest BCUT2D eigenvalue weighted by Crippen LogP contribution is -2.26. The van der Waals surface area contributed by atoms with Crippen LogP contribution in [0, 0.1) is 12.7 Å². The number of rotatable bonds is 11. The minimum atomic E-state index is -4.61. The van der Waals surface area contributed by atoms with Gasteiger partial charge in [0.25, 0.3) is 0 Å². The fourth-order valence-electron chi connectivity index (χ4n) is 4.40. The lowest BCUT2D eigenvalue weighted by molar-refractivity contribution is -0.148. The predicted octanol–water partition coefficient (Wildman–Crippen LogP) is 5.16. The molecule has 0 bridgehead atoms. The van der Waals surface area contributed by atoms with Crippen molar-refractivity contribution in [2.45, 2.75) is 19.1 Å². The Balaban J connectivity index is 1.48. The number of methoxy groups -OCH3 is 1. The topological polar surface area (TPSA) is 114 Å². The highest BCUT2D eigenvalue weighted by Crippen LogP contribution is 2.37. The summed E-state index contributed by atoms with van der Waals surface area (Å²) >= 11 is 0. The van der Waals surface area contributed by atoms with Crippen molar-refractivity contribution in [1.82, 2.24) is 29.7 Å². The largest absolute Gasteiger partial charge is 0.461 e. The first-order valence-corrected chi connectivity index (χ1v) is 13.4. The van der Waals surface area contributed by atoms with Crippen LogP contribution in [0.25, 0.3) is 34.2 Å². The monoisotopic (exact) mass is 610 g/mol. The molecular weight excluding hydrogens is 584 g/mol. The van der Waals surface area contributed by atoms with Gasteiger partial charge in [0, 0.05) is 18.9 Å². The summed E-state index contributed by atoms with van der Waals surface area (Å²) < 4.78 is 72.7. The Labute approximate surface area is 249 Å². The molecule has 2 aliphatic rings. The summed E-state index contributed by atoms with van der Waals surface area (Å²) in [7, 11) is 1.53. The Hall–Kier alpha value is -4.82. The van der Waals surface area contributed by atoms with Gasteiger partial charge in [0.05, 0.1) is 48.7 Å². The first-order chi connectivity index (χ1) is 21.2. The van der Waals surface area contributed by atoms with Crippen LogP contribution in [0.1, 0.15) is 22.9 Å². The molecule has 0 amide bonds. The fraction of sp³-hybridized carbons (Fsp3) is 0.267. The molecule has 10 nitrogen and oxygen atoms in total. The van der Waals surface area contributed by atoms with Crippen LogP contribution in [0.15, 0.2) is 67.1 Å². The normalized spacial score (nSPS) is 12.4. The Morgan fingerprint density at radius 3 is 2.43 bits per heavy atom. The number of nitrogens with zero attached hydrogens (tertiary/aromatic N) is 6. The van der Waals surface area contributed by atoms with Crippen LogP contribution >= 0.6 is 0 Å². The molecule has 0 saturated heterocycles. The number of hydrogen-bond donors (Lipinski definition) is 0. The second kappa shape index (κ2) is 13.2. The van der Waals surface area contributed by atoms with Crippen molar-refractivity contribution in [3.63, 3.8) is 0 Å². The molecule has 2 aliphatic heterocycles. The number of imidazole rings is 1. The van der Waals surface area contributed by atoms with Gasteiger partial charge in [-0.25, -0.2) is 24.1 Å². The molecule has 1 atom stereocenters. The number of fused-ring (bicyclic) bond motifs is 1. The molecule has 14 heteroatoms. The van der Waals surface area contributed by atoms with Gasteiger partial charge < -0.3 is 18.8 Å². The molecule has 0 radical (unpaired) electrons. The van der Waals surface area contributed by atoms with Gasteiger partial charge in [-0.15, -0.1) is 0 Å². The third kappa shape index (κ3) is 6.87. The van der Waals surface area contributed by atoms with Gasteiger partial charge in [0.2, 0.25) is 0 Å². The van der Waals surface area contributed by atoms with E-state index in [1.165, 1.54) is 54.5 Å². The quantitative estimate of drug-likeness (QED) is 0.114. The van der Waals surface area contributed by atoms with Crippen molar-refractivity contribution in [2.24, 2.45) is 0 Å². The Morgan fingerprint density at radius 1 is 0.909 bits per heavy atom. The average Bonchev–Trinajstić information content (AvgIpc) is 3.42. The molecule has 3 aromatic rings. The van der Waals surface area contributed by atoms with Gasteiger partial charge >= 0.3 is 12.1 Å². The molecule has 2 aromatic carbocycles. The van der Waals surface area contributed by atoms with Crippen LogP contribution in [-0.4, -0.2) is 69.2 Å². The van der Waals surface area contributed by atoms with Crippen molar-refractivity contribution in [1.29, 1.82) is 0 Å². The number of ether oxygens (including phenoxy) is 3. The number of aryl methyl sites for hydroxylation is 1. The molecule has 0 spiro atoms. The average molecular weight is 611 g/mol. The molecule has 0 N–H and O–H groups in total. The van der Waals surface area contributed by atoms with Gasteiger partial charge in [-0.1, -0.05) is 29.8 Å². The van der Waals surface area contributed by atoms with E-state index < -0.39 is 29.6 Å². The van der Waals surface area contributed by atoms with E-state index in [9.17, 15) is 22.4 Å². The Morgan fingerprint density at radius 2 is 1.70 bits per heavy atom. The van der Waals surface area contributed by atoms with Gasteiger partial charge in [0.1, 0.15) is 18.1 Å². The number of carbonyl (C=O) groups is 1. The summed E-state index contributed by atoms with van der Waals surface area (Å²) in [5.41, 5.74) is -0.101. The zero-order chi connectivity index (χ0) is 31.3. The minimum absolute atomic E-state index is 0.0326. The molecule has 0 saturated carbocycles. The van der Waals surface area contributed by atoms with Crippen molar-refractivity contribution in [3.8, 4) is 34.2 Å². The van der Waals surface area contributed by atoms with Crippen LogP contribution in [0.2, 0.25) is 0 Å². The molecule has 5 rings (SSSR count). The molecule has 3 heterocycles. The van der Waals surface area contributed by atoms with Crippen molar-refractivity contribution >= 4 is 5.97 Å². The van der Waals surface area contributed by atoms with Crippen LogP contribution < -0.4 is 0 Å². The van der Waals surface area contributed by atoms with Gasteiger partial charge in [0.15, 0.2) is 17.7 Å². The number of alkyl halides is 3. The van der Waals surface area contributed by atoms with E-state index in [2.05, 4.69) is 25.1 Å². The maximum absolute atomic E-state index is 14.4. The lowest BCUT2D eigenvalue weighted by atomic mass is 10.0. The molecule has 1 aromatic heterocycles. The first kappa shape index (κ1) is 30.6. The van der Waals surface area contributed by atoms with Crippen LogP contribution in [0.3, 0.4) is 0 Å². The third-order valence-electron chi connectivity index (χ3n) is 6.51. The van der Waals surface area contributed by atoms with Crippen molar-refractivity contribution < 1.29 is 36.6 Å². The molecule has 228 valence electrons. The van der Waals surface area contributed by atoms with E-state index in [1.807, 2.05) is 0 Å². The maximum atomic E-state index is 14.4. The van der Waals surface area contributed by atoms with Crippen molar-refractivity contribution in [2.75, 3.05) is 33.5 Å². The summed E-state index contributed by atoms with van der Waals surface area (Å²) in [6.07, 6.45) is -1.84. The number of aromatic nitrogens is 6. The summed E-state index contributed by atoms with van der Waals surface area (Å²) in [6, 6.07) is 11.4. The van der Waals surface area contributed by atoms with Gasteiger partial charge in [-0.05, 0) is 37.3 Å². The highest BCUT2D eigenvalue weighted by molar-refractivity contribution is 5.78. The van der Waals surface area contributed by atoms with Crippen molar-refractivity contribution in [3.05, 3.63) is 89.8 Å². The van der Waals surface area contributed by atoms with Gasteiger partial charge in [-0.3, -0.25) is 0 Å². The minimum Gasteiger partial charge on any atom is -0.461 e. The standard InChI is InChI=1S/C30H26F4N6O4/c1-18-7-8-19(21(15-18)30(32,33)34)23-9-10-24(39-38-23)26(29(41)44-14-13-43-12-11-42-2)40-16-25-28(35-17-40)37-27(36-25)20-5-3-4-6-22(20)31/h3-10,15-17,26H,11-14H2,1-2H3. The highest BCUT2D eigenvalue weighted by Gasteiger charge is 2.34. The van der Waals surface area contributed by atoms with Gasteiger partial charge in [-0.2, -0.15) is 23.4 Å². The van der Waals surface area contributed by atoms with E-state index in [0.29, 0.717) is 18.8 Å². The van der Waals surface area contributed by atoms with Crippen LogP contribution in [0.5, 0.6) is 0 Å². The molecule has 44 heavy (non-hydrogen) atoms. The number of esters is 1. The van der Waals surface area contributed by atoms with E-state index in [-0.39, 0.29) is 53.1 Å². The molecule has 0 fully saturated rings. The number of halogens is 4. The first-order valence-electron chi connectivity index (χ1n) is 13.4. The second-order valence-electron chi connectivity index (χ2n) is 9.62. The van der Waals surface area contributed by atoms with E-state index in [1.54, 1.807) is 25.1 Å². The Bertz CT molecular complexity index is 1710. The third-order valence-corrected chi connectivity index (χ3v) is 6.51. The summed E-state index contributed by atoms with van der Waals surface area (Å²) in [4.78, 5) is 26.3. The van der Waals surface area contributed by atoms with Crippen LogP contribution in [-0.2, 0) is 25.2 Å². The SMILES string of the molecule is COCCOCCOC(=O)C(c1ccc(-c2ccc(C)cc2C(F)(F)F)nn1)n1cnc2nc(-c3ccccc3F)nc-2c1. The number of carbonyl (C=O) groups excluding carboxylic acids is 1. The maximum Gasteiger partial charge on any atom is 0.417 e. The zero-order valence-corrected chi connectivity index (χ0v) is 23.6. The van der Waals surface area contributed by atoms with Crippen LogP contribution in [0.4, 0.5) is 17.6 Å². The number of benzene rings is 2. The predicted molar refractivity (Wildman–Crippen MR) is 149 cm³/mol. The molecule has 0 aliphatic carbocycles. The lowest BCUT2D eigenvalue weighted by Gasteiger charge is -2.19. The van der Waals surface area contributed by atoms with E-state index >= 15 is 0 Å². The highest BCUT2D eigenvalue weighted by atomic mass is 19.4.